The first kappa shape index (κ1) is 19.0. The maximum atomic E-state index is 9.69. The summed E-state index contributed by atoms with van der Waals surface area (Å²) in [6.45, 7) is 0. The topological polar surface area (TPSA) is 47.9 Å². The van der Waals surface area contributed by atoms with Gasteiger partial charge in [0.05, 0.1) is 16.1 Å². The third-order valence-corrected chi connectivity index (χ3v) is 4.50. The standard InChI is InChI=1S/C11H17Cl2O4P3/c12-7-3-1-6(5-8(7)13)2-4-9(15-18)10(16-19)11(14)17-20/h1,3,5,9-11,14H,2,4,18-20H2. The van der Waals surface area contributed by atoms with E-state index in [0.717, 1.165) is 5.56 Å². The molecule has 4 nitrogen and oxygen atoms in total. The Balaban J connectivity index is 2.66. The van der Waals surface area contributed by atoms with Crippen molar-refractivity contribution in [3.63, 3.8) is 0 Å². The third kappa shape index (κ3) is 5.61. The fourth-order valence-corrected chi connectivity index (χ4v) is 2.81. The van der Waals surface area contributed by atoms with Gasteiger partial charge in [-0.1, -0.05) is 29.3 Å². The smallest absolute Gasteiger partial charge is 0.187 e. The van der Waals surface area contributed by atoms with E-state index in [4.69, 9.17) is 36.8 Å². The molecule has 0 aliphatic carbocycles. The Labute approximate surface area is 135 Å². The zero-order valence-corrected chi connectivity index (χ0v) is 15.5. The Bertz CT molecular complexity index is 425. The van der Waals surface area contributed by atoms with Crippen LogP contribution in [0.15, 0.2) is 18.2 Å². The Morgan fingerprint density at radius 2 is 1.75 bits per heavy atom. The van der Waals surface area contributed by atoms with Crippen LogP contribution in [0.2, 0.25) is 10.0 Å². The van der Waals surface area contributed by atoms with Crippen molar-refractivity contribution < 1.29 is 18.7 Å². The van der Waals surface area contributed by atoms with Crippen LogP contribution in [0.25, 0.3) is 0 Å². The van der Waals surface area contributed by atoms with Gasteiger partial charge in [0.15, 0.2) is 6.29 Å². The number of halogens is 2. The van der Waals surface area contributed by atoms with Gasteiger partial charge in [-0.15, -0.1) is 0 Å². The van der Waals surface area contributed by atoms with Gasteiger partial charge in [0.2, 0.25) is 0 Å². The van der Waals surface area contributed by atoms with Gasteiger partial charge in [-0.3, -0.25) is 0 Å². The highest BCUT2D eigenvalue weighted by Gasteiger charge is 2.28. The van der Waals surface area contributed by atoms with Crippen LogP contribution in [-0.2, 0) is 20.0 Å². The normalized spacial score (nSPS) is 15.9. The molecule has 0 aromatic heterocycles. The van der Waals surface area contributed by atoms with Crippen molar-refractivity contribution in [2.75, 3.05) is 0 Å². The summed E-state index contributed by atoms with van der Waals surface area (Å²) in [5.41, 5.74) is 1.02. The van der Waals surface area contributed by atoms with E-state index in [1.54, 1.807) is 6.07 Å². The summed E-state index contributed by atoms with van der Waals surface area (Å²) in [6, 6.07) is 5.45. The Hall–Kier alpha value is 0.930. The van der Waals surface area contributed by atoms with Crippen LogP contribution < -0.4 is 0 Å². The number of rotatable bonds is 8. The molecular formula is C11H17Cl2O4P3. The number of aliphatic hydroxyl groups excluding tert-OH is 1. The fraction of sp³-hybridized carbons (Fsp3) is 0.455. The Morgan fingerprint density at radius 3 is 2.25 bits per heavy atom. The van der Waals surface area contributed by atoms with Gasteiger partial charge in [-0.25, -0.2) is 0 Å². The Morgan fingerprint density at radius 1 is 1.05 bits per heavy atom. The van der Waals surface area contributed by atoms with E-state index < -0.39 is 12.4 Å². The third-order valence-electron chi connectivity index (χ3n) is 2.82. The molecule has 6 atom stereocenters. The molecular weight excluding hydrogens is 360 g/mol. The van der Waals surface area contributed by atoms with E-state index in [1.165, 1.54) is 0 Å². The van der Waals surface area contributed by atoms with E-state index >= 15 is 0 Å². The van der Waals surface area contributed by atoms with Crippen LogP contribution in [0.3, 0.4) is 0 Å². The van der Waals surface area contributed by atoms with Gasteiger partial charge in [0.25, 0.3) is 0 Å². The van der Waals surface area contributed by atoms with Crippen molar-refractivity contribution in [1.82, 2.24) is 0 Å². The van der Waals surface area contributed by atoms with Crippen LogP contribution in [0, 0.1) is 0 Å². The summed E-state index contributed by atoms with van der Waals surface area (Å²) in [5, 5.41) is 10.7. The number of aliphatic hydroxyl groups is 1. The van der Waals surface area contributed by atoms with Crippen LogP contribution in [0.5, 0.6) is 0 Å². The SMILES string of the molecule is OC(OP)C(OP)C(CCc1ccc(Cl)c(Cl)c1)OP. The molecule has 0 saturated heterocycles. The highest BCUT2D eigenvalue weighted by atomic mass is 35.5. The van der Waals surface area contributed by atoms with Crippen LogP contribution in [0.1, 0.15) is 12.0 Å². The van der Waals surface area contributed by atoms with Gasteiger partial charge >= 0.3 is 0 Å². The maximum Gasteiger partial charge on any atom is 0.187 e. The van der Waals surface area contributed by atoms with Crippen molar-refractivity contribution in [2.24, 2.45) is 0 Å². The molecule has 0 bridgehead atoms. The summed E-state index contributed by atoms with van der Waals surface area (Å²) in [7, 11) is 6.28. The van der Waals surface area contributed by atoms with Crippen molar-refractivity contribution in [2.45, 2.75) is 31.3 Å². The summed E-state index contributed by atoms with van der Waals surface area (Å²) in [4.78, 5) is 0. The first-order valence-corrected chi connectivity index (χ1v) is 7.89. The van der Waals surface area contributed by atoms with E-state index in [0.29, 0.717) is 22.9 Å². The predicted molar refractivity (Wildman–Crippen MR) is 90.8 cm³/mol. The van der Waals surface area contributed by atoms with Crippen LogP contribution >= 0.6 is 51.6 Å². The lowest BCUT2D eigenvalue weighted by Crippen LogP contribution is -2.38. The first-order valence-electron chi connectivity index (χ1n) is 5.72. The van der Waals surface area contributed by atoms with Gasteiger partial charge < -0.3 is 18.7 Å². The molecule has 0 radical (unpaired) electrons. The quantitative estimate of drug-likeness (QED) is 0.558. The molecule has 0 fully saturated rings. The lowest BCUT2D eigenvalue weighted by Gasteiger charge is -2.27. The molecule has 20 heavy (non-hydrogen) atoms. The van der Waals surface area contributed by atoms with Crippen LogP contribution in [0.4, 0.5) is 0 Å². The van der Waals surface area contributed by atoms with E-state index in [9.17, 15) is 5.11 Å². The van der Waals surface area contributed by atoms with E-state index in [-0.39, 0.29) is 6.10 Å². The maximum absolute atomic E-state index is 9.69. The minimum absolute atomic E-state index is 0.359. The molecule has 1 aromatic carbocycles. The Kier molecular flexibility index (Phi) is 9.34. The molecule has 1 N–H and O–H groups in total. The van der Waals surface area contributed by atoms with Crippen molar-refractivity contribution in [3.05, 3.63) is 33.8 Å². The van der Waals surface area contributed by atoms with E-state index in [2.05, 4.69) is 18.9 Å². The predicted octanol–water partition coefficient (Wildman–Crippen LogP) is 3.40. The fourth-order valence-electron chi connectivity index (χ4n) is 1.73. The highest BCUT2D eigenvalue weighted by molar-refractivity contribution is 7.10. The minimum atomic E-state index is -1.10. The molecule has 6 unspecified atom stereocenters. The average Bonchev–Trinajstić information content (AvgIpc) is 2.46. The second-order valence-corrected chi connectivity index (χ2v) is 5.72. The van der Waals surface area contributed by atoms with Crippen molar-refractivity contribution in [3.8, 4) is 0 Å². The zero-order valence-electron chi connectivity index (χ0n) is 10.5. The minimum Gasteiger partial charge on any atom is -0.366 e. The number of aryl methyl sites for hydroxylation is 1. The van der Waals surface area contributed by atoms with Gasteiger partial charge in [0, 0.05) is 28.4 Å². The molecule has 0 saturated carbocycles. The summed E-state index contributed by atoms with van der Waals surface area (Å²) < 4.78 is 15.2. The van der Waals surface area contributed by atoms with Gasteiger partial charge in [-0.05, 0) is 30.5 Å². The lowest BCUT2D eigenvalue weighted by molar-refractivity contribution is -0.112. The molecule has 9 heteroatoms. The first-order chi connectivity index (χ1) is 9.53. The molecule has 0 amide bonds. The van der Waals surface area contributed by atoms with Gasteiger partial charge in [0.1, 0.15) is 6.10 Å². The molecule has 0 aliphatic rings. The zero-order chi connectivity index (χ0) is 15.1. The molecule has 0 spiro atoms. The summed E-state index contributed by atoms with van der Waals surface area (Å²) >= 11 is 11.8. The molecule has 114 valence electrons. The monoisotopic (exact) mass is 376 g/mol. The van der Waals surface area contributed by atoms with Crippen molar-refractivity contribution >= 4 is 51.6 Å². The number of hydrogen-bond donors (Lipinski definition) is 1. The summed E-state index contributed by atoms with van der Waals surface area (Å²) in [6.07, 6.45) is -0.771. The van der Waals surface area contributed by atoms with Crippen molar-refractivity contribution in [1.29, 1.82) is 0 Å². The van der Waals surface area contributed by atoms with Gasteiger partial charge in [-0.2, -0.15) is 0 Å². The molecule has 1 rings (SSSR count). The van der Waals surface area contributed by atoms with Crippen LogP contribution in [-0.4, -0.2) is 23.6 Å². The largest absolute Gasteiger partial charge is 0.366 e. The molecule has 0 aliphatic heterocycles. The number of hydrogen-bond acceptors (Lipinski definition) is 4. The number of benzene rings is 1. The average molecular weight is 377 g/mol. The van der Waals surface area contributed by atoms with E-state index in [1.807, 2.05) is 21.6 Å². The lowest BCUT2D eigenvalue weighted by atomic mass is 10.0. The molecule has 1 aromatic rings. The second-order valence-electron chi connectivity index (χ2n) is 4.09. The highest BCUT2D eigenvalue weighted by Crippen LogP contribution is 2.25. The summed E-state index contributed by atoms with van der Waals surface area (Å²) in [5.74, 6) is 0. The second kappa shape index (κ2) is 9.85. The molecule has 0 heterocycles.